The molecule has 2 amide bonds. The fraction of sp³-hybridized carbons (Fsp3) is 0.238. The maximum absolute atomic E-state index is 13.1. The summed E-state index contributed by atoms with van der Waals surface area (Å²) in [6.45, 7) is 4.29. The summed E-state index contributed by atoms with van der Waals surface area (Å²) >= 11 is 9.39. The number of carbonyl (C=O) groups excluding carboxylic acids is 2. The zero-order chi connectivity index (χ0) is 20.3. The van der Waals surface area contributed by atoms with Crippen LogP contribution in [0.4, 0.5) is 5.69 Å². The van der Waals surface area contributed by atoms with Gasteiger partial charge in [0.1, 0.15) is 5.70 Å². The van der Waals surface area contributed by atoms with Crippen molar-refractivity contribution in [3.8, 4) is 0 Å². The van der Waals surface area contributed by atoms with E-state index >= 15 is 0 Å². The maximum atomic E-state index is 13.1. The van der Waals surface area contributed by atoms with Crippen molar-refractivity contribution in [2.24, 2.45) is 0 Å². The van der Waals surface area contributed by atoms with E-state index in [0.717, 1.165) is 4.47 Å². The monoisotopic (exact) mass is 462 g/mol. The molecule has 1 aliphatic rings. The van der Waals surface area contributed by atoms with E-state index in [-0.39, 0.29) is 36.8 Å². The van der Waals surface area contributed by atoms with Crippen molar-refractivity contribution in [1.29, 1.82) is 0 Å². The number of hydrogen-bond donors (Lipinski definition) is 1. The first-order chi connectivity index (χ1) is 13.4. The Morgan fingerprint density at radius 3 is 2.46 bits per heavy atom. The van der Waals surface area contributed by atoms with Crippen LogP contribution in [-0.4, -0.2) is 36.0 Å². The number of nitrogens with one attached hydrogen (secondary N) is 1. The summed E-state index contributed by atoms with van der Waals surface area (Å²) in [7, 11) is 0. The molecule has 0 atom stereocenters. The van der Waals surface area contributed by atoms with E-state index in [0.29, 0.717) is 21.8 Å². The summed E-state index contributed by atoms with van der Waals surface area (Å²) in [5.41, 5.74) is 1.91. The molecule has 0 unspecified atom stereocenters. The summed E-state index contributed by atoms with van der Waals surface area (Å²) in [4.78, 5) is 27.3. The lowest BCUT2D eigenvalue weighted by Crippen LogP contribution is -2.35. The third kappa shape index (κ3) is 4.63. The van der Waals surface area contributed by atoms with E-state index in [9.17, 15) is 9.59 Å². The summed E-state index contributed by atoms with van der Waals surface area (Å²) < 4.78 is 6.38. The molecular weight excluding hydrogens is 444 g/mol. The number of carbonyl (C=O) groups is 2. The highest BCUT2D eigenvalue weighted by Gasteiger charge is 2.39. The molecule has 0 aromatic heterocycles. The van der Waals surface area contributed by atoms with Crippen LogP contribution in [0, 0.1) is 0 Å². The lowest BCUT2D eigenvalue weighted by Gasteiger charge is -2.16. The number of ether oxygens (including phenoxy) is 1. The summed E-state index contributed by atoms with van der Waals surface area (Å²) in [6.07, 6.45) is 0.0239. The van der Waals surface area contributed by atoms with Gasteiger partial charge in [0.05, 0.1) is 24.8 Å². The van der Waals surface area contributed by atoms with Gasteiger partial charge in [-0.3, -0.25) is 14.5 Å². The second kappa shape index (κ2) is 8.90. The Morgan fingerprint density at radius 2 is 1.82 bits per heavy atom. The molecule has 0 bridgehead atoms. The first-order valence-electron chi connectivity index (χ1n) is 8.87. The second-order valence-electron chi connectivity index (χ2n) is 6.57. The Kier molecular flexibility index (Phi) is 6.54. The number of benzene rings is 2. The number of hydrogen-bond acceptors (Lipinski definition) is 4. The highest BCUT2D eigenvalue weighted by atomic mass is 79.9. The molecule has 1 N–H and O–H groups in total. The van der Waals surface area contributed by atoms with Gasteiger partial charge in [0, 0.05) is 15.2 Å². The molecule has 0 fully saturated rings. The van der Waals surface area contributed by atoms with E-state index in [1.54, 1.807) is 24.3 Å². The maximum Gasteiger partial charge on any atom is 0.278 e. The highest BCUT2D eigenvalue weighted by molar-refractivity contribution is 9.10. The molecule has 2 aromatic carbocycles. The Labute approximate surface area is 177 Å². The van der Waals surface area contributed by atoms with Gasteiger partial charge >= 0.3 is 0 Å². The van der Waals surface area contributed by atoms with E-state index in [2.05, 4.69) is 21.2 Å². The SMILES string of the molecule is CC(C)OCCN1C(=O)C(Nc2cccc(Br)c2)=C(c2ccc(Cl)cc2)C1=O. The van der Waals surface area contributed by atoms with Crippen molar-refractivity contribution in [3.05, 3.63) is 69.3 Å². The zero-order valence-electron chi connectivity index (χ0n) is 15.5. The summed E-state index contributed by atoms with van der Waals surface area (Å²) in [5, 5.41) is 3.68. The van der Waals surface area contributed by atoms with Crippen LogP contribution >= 0.6 is 27.5 Å². The normalized spacial score (nSPS) is 14.4. The van der Waals surface area contributed by atoms with E-state index < -0.39 is 0 Å². The molecule has 1 heterocycles. The molecule has 0 saturated heterocycles. The third-order valence-electron chi connectivity index (χ3n) is 4.16. The predicted molar refractivity (Wildman–Crippen MR) is 114 cm³/mol. The van der Waals surface area contributed by atoms with Crippen molar-refractivity contribution in [1.82, 2.24) is 4.90 Å². The molecule has 146 valence electrons. The van der Waals surface area contributed by atoms with Crippen LogP contribution in [-0.2, 0) is 14.3 Å². The van der Waals surface area contributed by atoms with Crippen molar-refractivity contribution >= 4 is 50.6 Å². The van der Waals surface area contributed by atoms with Gasteiger partial charge in [-0.25, -0.2) is 0 Å². The van der Waals surface area contributed by atoms with Gasteiger partial charge in [-0.15, -0.1) is 0 Å². The standard InChI is InChI=1S/C21H20BrClN2O3/c1-13(2)28-11-10-25-20(26)18(14-6-8-16(23)9-7-14)19(21(25)27)24-17-5-3-4-15(22)12-17/h3-9,12-13,24H,10-11H2,1-2H3. The lowest BCUT2D eigenvalue weighted by molar-refractivity contribution is -0.137. The van der Waals surface area contributed by atoms with Crippen LogP contribution in [0.3, 0.4) is 0 Å². The smallest absolute Gasteiger partial charge is 0.278 e. The summed E-state index contributed by atoms with van der Waals surface area (Å²) in [6, 6.07) is 14.3. The van der Waals surface area contributed by atoms with Crippen LogP contribution in [0.15, 0.2) is 58.7 Å². The Morgan fingerprint density at radius 1 is 1.11 bits per heavy atom. The van der Waals surface area contributed by atoms with Gasteiger partial charge in [-0.2, -0.15) is 0 Å². The molecule has 7 heteroatoms. The van der Waals surface area contributed by atoms with Crippen molar-refractivity contribution in [2.45, 2.75) is 20.0 Å². The van der Waals surface area contributed by atoms with Crippen LogP contribution in [0.1, 0.15) is 19.4 Å². The van der Waals surface area contributed by atoms with Gasteiger partial charge in [0.15, 0.2) is 0 Å². The third-order valence-corrected chi connectivity index (χ3v) is 4.91. The van der Waals surface area contributed by atoms with Gasteiger partial charge in [-0.05, 0) is 49.7 Å². The second-order valence-corrected chi connectivity index (χ2v) is 7.93. The fourth-order valence-corrected chi connectivity index (χ4v) is 3.39. The molecule has 5 nitrogen and oxygen atoms in total. The van der Waals surface area contributed by atoms with Crippen molar-refractivity contribution in [2.75, 3.05) is 18.5 Å². The van der Waals surface area contributed by atoms with Crippen LogP contribution in [0.25, 0.3) is 5.57 Å². The first kappa shape index (κ1) is 20.6. The van der Waals surface area contributed by atoms with E-state index in [1.165, 1.54) is 4.90 Å². The lowest BCUT2D eigenvalue weighted by atomic mass is 10.0. The average molecular weight is 464 g/mol. The fourth-order valence-electron chi connectivity index (χ4n) is 2.87. The van der Waals surface area contributed by atoms with Gasteiger partial charge < -0.3 is 10.1 Å². The zero-order valence-corrected chi connectivity index (χ0v) is 17.9. The summed E-state index contributed by atoms with van der Waals surface area (Å²) in [5.74, 6) is -0.723. The van der Waals surface area contributed by atoms with E-state index in [1.807, 2.05) is 38.1 Å². The molecule has 0 aliphatic carbocycles. The molecule has 0 radical (unpaired) electrons. The van der Waals surface area contributed by atoms with E-state index in [4.69, 9.17) is 16.3 Å². The quantitative estimate of drug-likeness (QED) is 0.604. The molecule has 1 aliphatic heterocycles. The number of anilines is 1. The number of imide groups is 1. The Hall–Kier alpha value is -2.15. The molecule has 0 spiro atoms. The van der Waals surface area contributed by atoms with Gasteiger partial charge in [-0.1, -0.05) is 45.7 Å². The topological polar surface area (TPSA) is 58.6 Å². The van der Waals surface area contributed by atoms with Crippen molar-refractivity contribution < 1.29 is 14.3 Å². The van der Waals surface area contributed by atoms with Crippen molar-refractivity contribution in [3.63, 3.8) is 0 Å². The Bertz CT molecular complexity index is 926. The average Bonchev–Trinajstić information content (AvgIpc) is 2.87. The first-order valence-corrected chi connectivity index (χ1v) is 10.0. The largest absolute Gasteiger partial charge is 0.377 e. The number of rotatable bonds is 7. The predicted octanol–water partition coefficient (Wildman–Crippen LogP) is 4.72. The highest BCUT2D eigenvalue weighted by Crippen LogP contribution is 2.31. The van der Waals surface area contributed by atoms with Crippen LogP contribution < -0.4 is 5.32 Å². The molecule has 3 rings (SSSR count). The molecule has 0 saturated carbocycles. The molecule has 28 heavy (non-hydrogen) atoms. The number of halogens is 2. The number of amides is 2. The van der Waals surface area contributed by atoms with Gasteiger partial charge in [0.2, 0.25) is 0 Å². The molecular formula is C21H20BrClN2O3. The minimum atomic E-state index is -0.373. The Balaban J connectivity index is 1.96. The van der Waals surface area contributed by atoms with Crippen LogP contribution in [0.2, 0.25) is 5.02 Å². The number of nitrogens with zero attached hydrogens (tertiary/aromatic N) is 1. The van der Waals surface area contributed by atoms with Crippen LogP contribution in [0.5, 0.6) is 0 Å². The minimum Gasteiger partial charge on any atom is -0.377 e. The minimum absolute atomic E-state index is 0.0239. The van der Waals surface area contributed by atoms with Gasteiger partial charge in [0.25, 0.3) is 11.8 Å². The molecule has 2 aromatic rings.